The van der Waals surface area contributed by atoms with Gasteiger partial charge in [-0.3, -0.25) is 4.72 Å². The maximum absolute atomic E-state index is 11.2. The van der Waals surface area contributed by atoms with Crippen LogP contribution in [0.15, 0.2) is 30.2 Å². The number of methoxy groups -OCH3 is 1. The van der Waals surface area contributed by atoms with E-state index in [-0.39, 0.29) is 5.69 Å². The number of rotatable bonds is 4. The van der Waals surface area contributed by atoms with Crippen LogP contribution in [0.25, 0.3) is 0 Å². The molecule has 1 aromatic carbocycles. The van der Waals surface area contributed by atoms with Crippen molar-refractivity contribution >= 4 is 21.4 Å². The highest BCUT2D eigenvalue weighted by Gasteiger charge is 2.09. The quantitative estimate of drug-likeness (QED) is 0.758. The average Bonchev–Trinajstić information content (AvgIpc) is 2.18. The van der Waals surface area contributed by atoms with Gasteiger partial charge in [0.2, 0.25) is 0 Å². The second-order valence-corrected chi connectivity index (χ2v) is 4.40. The molecule has 0 aliphatic heterocycles. The molecule has 0 fully saturated rings. The molecule has 0 saturated heterocycles. The van der Waals surface area contributed by atoms with Crippen LogP contribution in [-0.4, -0.2) is 15.5 Å². The first-order chi connectivity index (χ1) is 6.98. The fourth-order valence-electron chi connectivity index (χ4n) is 1.00. The molecule has 0 spiro atoms. The summed E-state index contributed by atoms with van der Waals surface area (Å²) in [6.45, 7) is 3.18. The van der Waals surface area contributed by atoms with Gasteiger partial charge in [-0.15, -0.1) is 0 Å². The van der Waals surface area contributed by atoms with Crippen LogP contribution in [0.4, 0.5) is 11.4 Å². The van der Waals surface area contributed by atoms with Crippen LogP contribution >= 0.6 is 0 Å². The number of hydrogen-bond acceptors (Lipinski definition) is 4. The van der Waals surface area contributed by atoms with Gasteiger partial charge in [0.05, 0.1) is 12.8 Å². The minimum atomic E-state index is -3.54. The number of nitrogen functional groups attached to an aromatic ring is 1. The molecule has 0 bridgehead atoms. The number of nitrogens with one attached hydrogen (secondary N) is 1. The predicted molar refractivity (Wildman–Crippen MR) is 60.1 cm³/mol. The van der Waals surface area contributed by atoms with Gasteiger partial charge in [-0.05, 0) is 18.2 Å². The van der Waals surface area contributed by atoms with Crippen LogP contribution in [0, 0.1) is 0 Å². The van der Waals surface area contributed by atoms with E-state index in [4.69, 9.17) is 10.5 Å². The zero-order chi connectivity index (χ0) is 11.5. The number of nitrogens with two attached hydrogens (primary N) is 1. The molecule has 0 atom stereocenters. The van der Waals surface area contributed by atoms with Crippen molar-refractivity contribution in [1.29, 1.82) is 0 Å². The Morgan fingerprint density at radius 2 is 2.20 bits per heavy atom. The molecule has 0 aliphatic rings. The molecule has 5 nitrogen and oxygen atoms in total. The first-order valence-corrected chi connectivity index (χ1v) is 5.62. The topological polar surface area (TPSA) is 81.4 Å². The minimum Gasteiger partial charge on any atom is -0.495 e. The maximum Gasteiger partial charge on any atom is 0.254 e. The third-order valence-corrected chi connectivity index (χ3v) is 2.64. The van der Waals surface area contributed by atoms with Gasteiger partial charge in [0.15, 0.2) is 0 Å². The molecule has 0 aromatic heterocycles. The van der Waals surface area contributed by atoms with Gasteiger partial charge in [0, 0.05) is 11.1 Å². The lowest BCUT2D eigenvalue weighted by Crippen LogP contribution is -2.09. The van der Waals surface area contributed by atoms with Crippen LogP contribution in [0.5, 0.6) is 5.75 Å². The van der Waals surface area contributed by atoms with E-state index in [1.54, 1.807) is 12.1 Å². The first-order valence-electron chi connectivity index (χ1n) is 4.07. The van der Waals surface area contributed by atoms with Gasteiger partial charge in [-0.2, -0.15) is 0 Å². The molecule has 0 radical (unpaired) electrons. The highest BCUT2D eigenvalue weighted by molar-refractivity contribution is 7.95. The van der Waals surface area contributed by atoms with Crippen LogP contribution < -0.4 is 15.2 Å². The summed E-state index contributed by atoms with van der Waals surface area (Å²) in [5.74, 6) is 0.398. The summed E-state index contributed by atoms with van der Waals surface area (Å²) in [5, 5.41) is 0.815. The zero-order valence-corrected chi connectivity index (χ0v) is 9.04. The Balaban J connectivity index is 3.13. The molecule has 1 aromatic rings. The van der Waals surface area contributed by atoms with Crippen molar-refractivity contribution < 1.29 is 13.2 Å². The summed E-state index contributed by atoms with van der Waals surface area (Å²) in [6, 6.07) is 4.67. The third kappa shape index (κ3) is 2.88. The summed E-state index contributed by atoms with van der Waals surface area (Å²) in [7, 11) is -2.10. The summed E-state index contributed by atoms with van der Waals surface area (Å²) >= 11 is 0. The number of sulfonamides is 1. The van der Waals surface area contributed by atoms with E-state index in [0.29, 0.717) is 11.4 Å². The lowest BCUT2D eigenvalue weighted by Gasteiger charge is -2.10. The van der Waals surface area contributed by atoms with Gasteiger partial charge >= 0.3 is 0 Å². The van der Waals surface area contributed by atoms with E-state index in [1.807, 2.05) is 0 Å². The number of ether oxygens (including phenoxy) is 1. The smallest absolute Gasteiger partial charge is 0.254 e. The Morgan fingerprint density at radius 3 is 2.73 bits per heavy atom. The van der Waals surface area contributed by atoms with E-state index in [2.05, 4.69) is 11.3 Å². The van der Waals surface area contributed by atoms with Gasteiger partial charge in [0.25, 0.3) is 10.0 Å². The predicted octanol–water partition coefficient (Wildman–Crippen LogP) is 1.16. The highest BCUT2D eigenvalue weighted by atomic mass is 32.2. The molecule has 0 aliphatic carbocycles. The number of benzene rings is 1. The Hall–Kier alpha value is -1.69. The van der Waals surface area contributed by atoms with E-state index < -0.39 is 10.0 Å². The van der Waals surface area contributed by atoms with Crippen molar-refractivity contribution in [2.75, 3.05) is 17.6 Å². The Labute approximate surface area is 88.6 Å². The molecule has 0 unspecified atom stereocenters. The van der Waals surface area contributed by atoms with E-state index in [0.717, 1.165) is 5.41 Å². The summed E-state index contributed by atoms with van der Waals surface area (Å²) < 4.78 is 29.7. The highest BCUT2D eigenvalue weighted by Crippen LogP contribution is 2.27. The second kappa shape index (κ2) is 4.22. The molecule has 0 saturated carbocycles. The summed E-state index contributed by atoms with van der Waals surface area (Å²) in [4.78, 5) is 0. The van der Waals surface area contributed by atoms with E-state index in [9.17, 15) is 8.42 Å². The molecule has 6 heteroatoms. The van der Waals surface area contributed by atoms with E-state index in [1.165, 1.54) is 13.2 Å². The van der Waals surface area contributed by atoms with Crippen molar-refractivity contribution in [3.63, 3.8) is 0 Å². The van der Waals surface area contributed by atoms with Gasteiger partial charge < -0.3 is 10.5 Å². The van der Waals surface area contributed by atoms with Crippen molar-refractivity contribution in [2.45, 2.75) is 0 Å². The largest absolute Gasteiger partial charge is 0.495 e. The standard InChI is InChI=1S/C9H12N2O3S/c1-3-15(12,13)11-8-6-7(10)4-5-9(8)14-2/h3-6,11H,1,10H2,2H3. The number of hydrogen-bond donors (Lipinski definition) is 2. The monoisotopic (exact) mass is 228 g/mol. The lowest BCUT2D eigenvalue weighted by atomic mass is 10.2. The van der Waals surface area contributed by atoms with Gasteiger partial charge in [-0.25, -0.2) is 8.42 Å². The minimum absolute atomic E-state index is 0.289. The SMILES string of the molecule is C=CS(=O)(=O)Nc1cc(N)ccc1OC. The summed E-state index contributed by atoms with van der Waals surface area (Å²) in [5.41, 5.74) is 6.26. The molecular formula is C9H12N2O3S. The first kappa shape index (κ1) is 11.4. The van der Waals surface area contributed by atoms with Crippen LogP contribution in [0.1, 0.15) is 0 Å². The fraction of sp³-hybridized carbons (Fsp3) is 0.111. The zero-order valence-electron chi connectivity index (χ0n) is 8.23. The summed E-state index contributed by atoms with van der Waals surface area (Å²) in [6.07, 6.45) is 0. The average molecular weight is 228 g/mol. The molecule has 15 heavy (non-hydrogen) atoms. The molecule has 0 heterocycles. The normalized spacial score (nSPS) is 10.7. The molecule has 0 amide bonds. The lowest BCUT2D eigenvalue weighted by molar-refractivity contribution is 0.417. The maximum atomic E-state index is 11.2. The molecule has 1 rings (SSSR count). The third-order valence-electron chi connectivity index (χ3n) is 1.70. The van der Waals surface area contributed by atoms with Crippen molar-refractivity contribution in [3.8, 4) is 5.75 Å². The van der Waals surface area contributed by atoms with Crippen molar-refractivity contribution in [3.05, 3.63) is 30.2 Å². The van der Waals surface area contributed by atoms with Crippen molar-refractivity contribution in [2.24, 2.45) is 0 Å². The fourth-order valence-corrected chi connectivity index (χ4v) is 1.55. The van der Waals surface area contributed by atoms with E-state index >= 15 is 0 Å². The van der Waals surface area contributed by atoms with Crippen LogP contribution in [0.3, 0.4) is 0 Å². The second-order valence-electron chi connectivity index (χ2n) is 2.77. The molecular weight excluding hydrogens is 216 g/mol. The Morgan fingerprint density at radius 1 is 1.53 bits per heavy atom. The molecule has 82 valence electrons. The Kier molecular flexibility index (Phi) is 3.21. The van der Waals surface area contributed by atoms with Crippen LogP contribution in [-0.2, 0) is 10.0 Å². The van der Waals surface area contributed by atoms with Crippen LogP contribution in [0.2, 0.25) is 0 Å². The van der Waals surface area contributed by atoms with Gasteiger partial charge in [-0.1, -0.05) is 6.58 Å². The van der Waals surface area contributed by atoms with Gasteiger partial charge in [0.1, 0.15) is 5.75 Å². The molecule has 3 N–H and O–H groups in total. The van der Waals surface area contributed by atoms with Crippen molar-refractivity contribution in [1.82, 2.24) is 0 Å². The Bertz CT molecular complexity index is 468. The number of anilines is 2.